The molecular formula is C14H24N4O4. The summed E-state index contributed by atoms with van der Waals surface area (Å²) in [6.45, 7) is 2.85. The standard InChI is InChI=1S/C14H24N4O4/c1-16(4-6-19)8-11-10-22-7-5-18(11)14(20)12-9-17(2)15-13(12)21-3/h9,11,19H,4-8,10H2,1-3H3. The molecule has 1 aliphatic rings. The number of hydrogen-bond acceptors (Lipinski definition) is 6. The summed E-state index contributed by atoms with van der Waals surface area (Å²) in [7, 11) is 5.17. The van der Waals surface area contributed by atoms with Crippen molar-refractivity contribution >= 4 is 5.91 Å². The van der Waals surface area contributed by atoms with Gasteiger partial charge in [-0.3, -0.25) is 9.48 Å². The average Bonchev–Trinajstić information content (AvgIpc) is 2.88. The van der Waals surface area contributed by atoms with E-state index in [2.05, 4.69) is 5.10 Å². The molecule has 8 nitrogen and oxygen atoms in total. The predicted octanol–water partition coefficient (Wildman–Crippen LogP) is -0.806. The molecule has 1 aromatic rings. The fourth-order valence-electron chi connectivity index (χ4n) is 2.62. The number of aryl methyl sites for hydroxylation is 1. The van der Waals surface area contributed by atoms with Crippen LogP contribution >= 0.6 is 0 Å². The molecule has 2 heterocycles. The minimum atomic E-state index is -0.101. The lowest BCUT2D eigenvalue weighted by Gasteiger charge is -2.37. The molecule has 22 heavy (non-hydrogen) atoms. The first-order valence-electron chi connectivity index (χ1n) is 7.32. The second-order valence-corrected chi connectivity index (χ2v) is 5.44. The molecule has 8 heteroatoms. The number of hydrogen-bond donors (Lipinski definition) is 1. The lowest BCUT2D eigenvalue weighted by molar-refractivity contribution is -0.0110. The third-order valence-corrected chi connectivity index (χ3v) is 3.71. The Hall–Kier alpha value is -1.64. The van der Waals surface area contributed by atoms with Crippen molar-refractivity contribution in [3.63, 3.8) is 0 Å². The largest absolute Gasteiger partial charge is 0.479 e. The zero-order valence-electron chi connectivity index (χ0n) is 13.4. The summed E-state index contributed by atoms with van der Waals surface area (Å²) in [6, 6.07) is -0.0530. The highest BCUT2D eigenvalue weighted by atomic mass is 16.5. The fraction of sp³-hybridized carbons (Fsp3) is 0.714. The zero-order chi connectivity index (χ0) is 16.1. The van der Waals surface area contributed by atoms with Crippen molar-refractivity contribution in [1.82, 2.24) is 19.6 Å². The van der Waals surface area contributed by atoms with Crippen LogP contribution in [0.5, 0.6) is 5.88 Å². The number of morpholine rings is 1. The zero-order valence-corrected chi connectivity index (χ0v) is 13.4. The number of aliphatic hydroxyl groups excluding tert-OH is 1. The molecule has 1 unspecified atom stereocenters. The Morgan fingerprint density at radius 1 is 1.64 bits per heavy atom. The van der Waals surface area contributed by atoms with Gasteiger partial charge in [-0.2, -0.15) is 0 Å². The Morgan fingerprint density at radius 2 is 2.41 bits per heavy atom. The van der Waals surface area contributed by atoms with Gasteiger partial charge in [-0.05, 0) is 7.05 Å². The summed E-state index contributed by atoms with van der Waals surface area (Å²) in [4.78, 5) is 16.6. The predicted molar refractivity (Wildman–Crippen MR) is 80.0 cm³/mol. The van der Waals surface area contributed by atoms with Crippen molar-refractivity contribution in [3.8, 4) is 5.88 Å². The number of aliphatic hydroxyl groups is 1. The molecule has 1 atom stereocenters. The maximum atomic E-state index is 12.8. The van der Waals surface area contributed by atoms with Crippen LogP contribution in [0.2, 0.25) is 0 Å². The molecule has 1 aliphatic heterocycles. The smallest absolute Gasteiger partial charge is 0.261 e. The number of rotatable bonds is 6. The van der Waals surface area contributed by atoms with E-state index in [1.165, 1.54) is 7.11 Å². The minimum absolute atomic E-state index is 0.0530. The van der Waals surface area contributed by atoms with E-state index in [4.69, 9.17) is 14.6 Å². The van der Waals surface area contributed by atoms with E-state index in [0.717, 1.165) is 0 Å². The average molecular weight is 312 g/mol. The van der Waals surface area contributed by atoms with Gasteiger partial charge in [-0.15, -0.1) is 5.10 Å². The van der Waals surface area contributed by atoms with E-state index in [1.807, 2.05) is 11.9 Å². The summed E-state index contributed by atoms with van der Waals surface area (Å²) < 4.78 is 12.3. The Morgan fingerprint density at radius 3 is 3.09 bits per heavy atom. The van der Waals surface area contributed by atoms with Crippen LogP contribution in [-0.2, 0) is 11.8 Å². The van der Waals surface area contributed by atoms with E-state index < -0.39 is 0 Å². The van der Waals surface area contributed by atoms with Gasteiger partial charge in [0.2, 0.25) is 5.88 Å². The Balaban J connectivity index is 2.14. The molecule has 0 bridgehead atoms. The van der Waals surface area contributed by atoms with Crippen LogP contribution in [0.4, 0.5) is 0 Å². The van der Waals surface area contributed by atoms with Gasteiger partial charge in [0.05, 0.1) is 33.0 Å². The number of carbonyl (C=O) groups excluding carboxylic acids is 1. The minimum Gasteiger partial charge on any atom is -0.479 e. The summed E-state index contributed by atoms with van der Waals surface area (Å²) >= 11 is 0. The molecule has 0 spiro atoms. The van der Waals surface area contributed by atoms with E-state index in [-0.39, 0.29) is 18.6 Å². The van der Waals surface area contributed by atoms with E-state index in [1.54, 1.807) is 22.8 Å². The molecule has 2 rings (SSSR count). The van der Waals surface area contributed by atoms with E-state index >= 15 is 0 Å². The van der Waals surface area contributed by atoms with E-state index in [0.29, 0.717) is 44.3 Å². The highest BCUT2D eigenvalue weighted by molar-refractivity contribution is 5.96. The van der Waals surface area contributed by atoms with Crippen LogP contribution in [0.15, 0.2) is 6.20 Å². The summed E-state index contributed by atoms with van der Waals surface area (Å²) in [5.74, 6) is 0.233. The first-order valence-corrected chi connectivity index (χ1v) is 7.32. The van der Waals surface area contributed by atoms with Gasteiger partial charge >= 0.3 is 0 Å². The summed E-state index contributed by atoms with van der Waals surface area (Å²) in [5.41, 5.74) is 0.460. The third kappa shape index (κ3) is 3.76. The summed E-state index contributed by atoms with van der Waals surface area (Å²) in [6.07, 6.45) is 1.67. The van der Waals surface area contributed by atoms with Crippen molar-refractivity contribution < 1.29 is 19.4 Å². The fourth-order valence-corrected chi connectivity index (χ4v) is 2.62. The van der Waals surface area contributed by atoms with Crippen LogP contribution in [0.3, 0.4) is 0 Å². The number of carbonyl (C=O) groups is 1. The molecule has 1 amide bonds. The molecule has 1 fully saturated rings. The second kappa shape index (κ2) is 7.57. The number of ether oxygens (including phenoxy) is 2. The number of aromatic nitrogens is 2. The maximum Gasteiger partial charge on any atom is 0.261 e. The third-order valence-electron chi connectivity index (χ3n) is 3.71. The molecule has 0 aromatic carbocycles. The lowest BCUT2D eigenvalue weighted by atomic mass is 10.1. The molecular weight excluding hydrogens is 288 g/mol. The summed E-state index contributed by atoms with van der Waals surface area (Å²) in [5, 5.41) is 13.1. The first-order chi connectivity index (χ1) is 10.6. The van der Waals surface area contributed by atoms with Crippen molar-refractivity contribution in [1.29, 1.82) is 0 Å². The van der Waals surface area contributed by atoms with Crippen LogP contribution in [0.25, 0.3) is 0 Å². The second-order valence-electron chi connectivity index (χ2n) is 5.44. The quantitative estimate of drug-likeness (QED) is 0.740. The first kappa shape index (κ1) is 16.7. The Labute approximate surface area is 130 Å². The molecule has 0 aliphatic carbocycles. The molecule has 124 valence electrons. The van der Waals surface area contributed by atoms with E-state index in [9.17, 15) is 4.79 Å². The molecule has 1 aromatic heterocycles. The topological polar surface area (TPSA) is 80.1 Å². The molecule has 0 radical (unpaired) electrons. The van der Waals surface area contributed by atoms with Crippen molar-refractivity contribution in [2.75, 3.05) is 53.6 Å². The maximum absolute atomic E-state index is 12.8. The van der Waals surface area contributed by atoms with Gasteiger partial charge in [0.1, 0.15) is 5.56 Å². The number of likely N-dealkylation sites (N-methyl/N-ethyl adjacent to an activating group) is 1. The molecule has 1 saturated heterocycles. The van der Waals surface area contributed by atoms with Gasteiger partial charge in [-0.1, -0.05) is 0 Å². The Kier molecular flexibility index (Phi) is 5.76. The highest BCUT2D eigenvalue weighted by Gasteiger charge is 2.31. The Bertz CT molecular complexity index is 505. The molecule has 0 saturated carbocycles. The highest BCUT2D eigenvalue weighted by Crippen LogP contribution is 2.20. The van der Waals surface area contributed by atoms with Gasteiger partial charge in [-0.25, -0.2) is 0 Å². The normalized spacial score (nSPS) is 18.8. The van der Waals surface area contributed by atoms with Crippen molar-refractivity contribution in [2.24, 2.45) is 7.05 Å². The van der Waals surface area contributed by atoms with Crippen LogP contribution < -0.4 is 4.74 Å². The van der Waals surface area contributed by atoms with Gasteiger partial charge in [0, 0.05) is 32.9 Å². The van der Waals surface area contributed by atoms with Crippen molar-refractivity contribution in [2.45, 2.75) is 6.04 Å². The number of amides is 1. The van der Waals surface area contributed by atoms with Crippen molar-refractivity contribution in [3.05, 3.63) is 11.8 Å². The SMILES string of the molecule is COc1nn(C)cc1C(=O)N1CCOCC1CN(C)CCO. The van der Waals surface area contributed by atoms with Gasteiger partial charge in [0.15, 0.2) is 0 Å². The van der Waals surface area contributed by atoms with Crippen LogP contribution in [-0.4, -0.2) is 90.2 Å². The number of nitrogens with zero attached hydrogens (tertiary/aromatic N) is 4. The monoisotopic (exact) mass is 312 g/mol. The number of methoxy groups -OCH3 is 1. The van der Waals surface area contributed by atoms with Crippen LogP contribution in [0.1, 0.15) is 10.4 Å². The van der Waals surface area contributed by atoms with Crippen LogP contribution in [0, 0.1) is 0 Å². The van der Waals surface area contributed by atoms with Gasteiger partial charge < -0.3 is 24.4 Å². The lowest BCUT2D eigenvalue weighted by Crippen LogP contribution is -2.53. The molecule has 1 N–H and O–H groups in total. The van der Waals surface area contributed by atoms with Gasteiger partial charge in [0.25, 0.3) is 5.91 Å².